The highest BCUT2D eigenvalue weighted by atomic mass is 32.1. The van der Waals surface area contributed by atoms with E-state index in [4.69, 9.17) is 20.9 Å². The maximum absolute atomic E-state index is 12.5. The maximum atomic E-state index is 12.5. The van der Waals surface area contributed by atoms with Gasteiger partial charge in [-0.2, -0.15) is 5.26 Å². The molecule has 0 unspecified atom stereocenters. The van der Waals surface area contributed by atoms with Crippen LogP contribution >= 0.6 is 11.3 Å². The van der Waals surface area contributed by atoms with E-state index in [1.165, 1.54) is 19.1 Å². The van der Waals surface area contributed by atoms with Gasteiger partial charge < -0.3 is 25.8 Å². The van der Waals surface area contributed by atoms with Crippen molar-refractivity contribution >= 4 is 39.0 Å². The first-order valence-electron chi connectivity index (χ1n) is 8.19. The topological polar surface area (TPSA) is 127 Å². The van der Waals surface area contributed by atoms with Gasteiger partial charge in [0.15, 0.2) is 11.5 Å². The normalized spacial score (nSPS) is 10.5. The number of fused-ring (bicyclic) bond motifs is 1. The molecule has 2 heterocycles. The smallest absolute Gasteiger partial charge is 0.265 e. The summed E-state index contributed by atoms with van der Waals surface area (Å²) < 4.78 is 10.7. The van der Waals surface area contributed by atoms with Gasteiger partial charge in [-0.25, -0.2) is 4.98 Å². The zero-order chi connectivity index (χ0) is 20.6. The summed E-state index contributed by atoms with van der Waals surface area (Å²) in [5, 5.41) is 10.2. The number of nitrogen functional groups attached to an aromatic ring is 2. The van der Waals surface area contributed by atoms with Gasteiger partial charge in [0, 0.05) is 25.0 Å². The Morgan fingerprint density at radius 3 is 2.46 bits per heavy atom. The fourth-order valence-corrected chi connectivity index (χ4v) is 4.06. The number of nitrogens with two attached hydrogens (primary N) is 2. The van der Waals surface area contributed by atoms with E-state index in [0.29, 0.717) is 37.7 Å². The predicted octanol–water partition coefficient (Wildman–Crippen LogP) is 2.72. The molecule has 0 aliphatic heterocycles. The number of carbonyl (C=O) groups excluding carboxylic acids is 1. The molecule has 0 fully saturated rings. The Kier molecular flexibility index (Phi) is 4.98. The van der Waals surface area contributed by atoms with Crippen molar-refractivity contribution in [2.24, 2.45) is 0 Å². The van der Waals surface area contributed by atoms with Crippen molar-refractivity contribution in [2.45, 2.75) is 0 Å². The van der Waals surface area contributed by atoms with Crippen LogP contribution in [0.4, 0.5) is 11.5 Å². The number of carbonyl (C=O) groups is 1. The third-order valence-electron chi connectivity index (χ3n) is 4.29. The number of hydrogen-bond donors (Lipinski definition) is 2. The second kappa shape index (κ2) is 7.25. The van der Waals surface area contributed by atoms with Crippen LogP contribution in [0.5, 0.6) is 11.5 Å². The monoisotopic (exact) mass is 397 g/mol. The molecule has 0 bridgehead atoms. The van der Waals surface area contributed by atoms with Crippen LogP contribution in [0, 0.1) is 11.3 Å². The van der Waals surface area contributed by atoms with Crippen molar-refractivity contribution in [3.05, 3.63) is 28.6 Å². The first kappa shape index (κ1) is 19.3. The molecule has 0 atom stereocenters. The molecule has 4 N–H and O–H groups in total. The second-order valence-corrected chi connectivity index (χ2v) is 7.15. The molecule has 2 aromatic heterocycles. The summed E-state index contributed by atoms with van der Waals surface area (Å²) in [5.41, 5.74) is 14.0. The van der Waals surface area contributed by atoms with Crippen LogP contribution in [0.25, 0.3) is 21.3 Å². The first-order valence-corrected chi connectivity index (χ1v) is 9.01. The number of anilines is 2. The molecule has 0 aliphatic rings. The lowest BCUT2D eigenvalue weighted by Gasteiger charge is -2.13. The molecule has 9 heteroatoms. The largest absolute Gasteiger partial charge is 0.493 e. The quantitative estimate of drug-likeness (QED) is 0.693. The minimum absolute atomic E-state index is 0.0740. The Hall–Kier alpha value is -3.51. The Morgan fingerprint density at radius 1 is 1.21 bits per heavy atom. The van der Waals surface area contributed by atoms with Crippen molar-refractivity contribution in [1.82, 2.24) is 9.88 Å². The molecular formula is C19H19N5O3S. The Morgan fingerprint density at radius 2 is 1.89 bits per heavy atom. The van der Waals surface area contributed by atoms with E-state index in [-0.39, 0.29) is 23.0 Å². The standard InChI is InChI=1S/C19H19N5O3S/c1-24(2)19(25)16-15(21)14-13(10(8-20)17(22)23-18(14)28-16)9-5-6-11(26-3)12(7-9)27-4/h5-7H,21H2,1-4H3,(H2,22,23). The van der Waals surface area contributed by atoms with Gasteiger partial charge in [0.05, 0.1) is 19.9 Å². The van der Waals surface area contributed by atoms with Gasteiger partial charge in [0.25, 0.3) is 5.91 Å². The molecule has 0 spiro atoms. The fourth-order valence-electron chi connectivity index (χ4n) is 2.93. The minimum Gasteiger partial charge on any atom is -0.493 e. The second-order valence-electron chi connectivity index (χ2n) is 6.15. The zero-order valence-corrected chi connectivity index (χ0v) is 16.7. The highest BCUT2D eigenvalue weighted by Gasteiger charge is 2.25. The van der Waals surface area contributed by atoms with E-state index >= 15 is 0 Å². The van der Waals surface area contributed by atoms with Gasteiger partial charge in [0.2, 0.25) is 0 Å². The third-order valence-corrected chi connectivity index (χ3v) is 5.38. The van der Waals surface area contributed by atoms with Crippen molar-refractivity contribution in [2.75, 3.05) is 39.8 Å². The molecular weight excluding hydrogens is 378 g/mol. The van der Waals surface area contributed by atoms with E-state index in [1.54, 1.807) is 32.3 Å². The molecule has 0 saturated heterocycles. The molecule has 144 valence electrons. The van der Waals surface area contributed by atoms with Gasteiger partial charge in [0.1, 0.15) is 27.2 Å². The molecule has 0 aliphatic carbocycles. The summed E-state index contributed by atoms with van der Waals surface area (Å²) in [4.78, 5) is 19.1. The summed E-state index contributed by atoms with van der Waals surface area (Å²) in [6, 6.07) is 7.34. The number of methoxy groups -OCH3 is 2. The lowest BCUT2D eigenvalue weighted by Crippen LogP contribution is -2.21. The predicted molar refractivity (Wildman–Crippen MR) is 110 cm³/mol. The highest BCUT2D eigenvalue weighted by molar-refractivity contribution is 7.21. The number of aromatic nitrogens is 1. The molecule has 28 heavy (non-hydrogen) atoms. The van der Waals surface area contributed by atoms with Gasteiger partial charge in [-0.3, -0.25) is 4.79 Å². The number of amides is 1. The van der Waals surface area contributed by atoms with Crippen LogP contribution in [0.15, 0.2) is 18.2 Å². The Balaban J connectivity index is 2.41. The fraction of sp³-hybridized carbons (Fsp3) is 0.211. The van der Waals surface area contributed by atoms with Gasteiger partial charge >= 0.3 is 0 Å². The summed E-state index contributed by atoms with van der Waals surface area (Å²) in [5.74, 6) is 0.872. The van der Waals surface area contributed by atoms with Crippen LogP contribution in [-0.2, 0) is 0 Å². The van der Waals surface area contributed by atoms with Crippen LogP contribution < -0.4 is 20.9 Å². The summed E-state index contributed by atoms with van der Waals surface area (Å²) in [6.45, 7) is 0. The Bertz CT molecular complexity index is 1130. The van der Waals surface area contributed by atoms with E-state index < -0.39 is 0 Å². The van der Waals surface area contributed by atoms with Gasteiger partial charge in [-0.1, -0.05) is 6.07 Å². The van der Waals surface area contributed by atoms with Crippen molar-refractivity contribution in [1.29, 1.82) is 5.26 Å². The van der Waals surface area contributed by atoms with Crippen LogP contribution in [-0.4, -0.2) is 44.1 Å². The van der Waals surface area contributed by atoms with Gasteiger partial charge in [-0.05, 0) is 17.7 Å². The number of nitrogens with zero attached hydrogens (tertiary/aromatic N) is 3. The molecule has 3 aromatic rings. The molecule has 0 saturated carbocycles. The summed E-state index contributed by atoms with van der Waals surface area (Å²) >= 11 is 1.15. The lowest BCUT2D eigenvalue weighted by molar-refractivity contribution is 0.0833. The number of rotatable bonds is 4. The molecule has 8 nitrogen and oxygen atoms in total. The van der Waals surface area contributed by atoms with E-state index in [2.05, 4.69) is 11.1 Å². The molecule has 1 amide bonds. The van der Waals surface area contributed by atoms with E-state index in [0.717, 1.165) is 11.3 Å². The van der Waals surface area contributed by atoms with Crippen molar-refractivity contribution in [3.63, 3.8) is 0 Å². The zero-order valence-electron chi connectivity index (χ0n) is 15.9. The first-order chi connectivity index (χ1) is 13.3. The van der Waals surface area contributed by atoms with Crippen LogP contribution in [0.1, 0.15) is 15.2 Å². The van der Waals surface area contributed by atoms with Crippen LogP contribution in [0.3, 0.4) is 0 Å². The maximum Gasteiger partial charge on any atom is 0.265 e. The third kappa shape index (κ3) is 2.93. The summed E-state index contributed by atoms with van der Waals surface area (Å²) in [6.07, 6.45) is 0. The van der Waals surface area contributed by atoms with E-state index in [1.807, 2.05) is 0 Å². The van der Waals surface area contributed by atoms with Crippen molar-refractivity contribution < 1.29 is 14.3 Å². The van der Waals surface area contributed by atoms with E-state index in [9.17, 15) is 10.1 Å². The minimum atomic E-state index is -0.240. The number of thiophene rings is 1. The highest BCUT2D eigenvalue weighted by Crippen LogP contribution is 2.44. The number of nitriles is 1. The van der Waals surface area contributed by atoms with Gasteiger partial charge in [-0.15, -0.1) is 11.3 Å². The molecule has 1 aromatic carbocycles. The lowest BCUT2D eigenvalue weighted by atomic mass is 9.96. The average Bonchev–Trinajstić information content (AvgIpc) is 3.01. The number of benzene rings is 1. The number of hydrogen-bond acceptors (Lipinski definition) is 8. The Labute approximate surface area is 165 Å². The molecule has 0 radical (unpaired) electrons. The van der Waals surface area contributed by atoms with Crippen molar-refractivity contribution in [3.8, 4) is 28.7 Å². The number of pyridine rings is 1. The average molecular weight is 397 g/mol. The summed E-state index contributed by atoms with van der Waals surface area (Å²) in [7, 11) is 6.35. The number of ether oxygens (including phenoxy) is 2. The SMILES string of the molecule is COc1ccc(-c2c(C#N)c(N)nc3sc(C(=O)N(C)C)c(N)c23)cc1OC. The van der Waals surface area contributed by atoms with Crippen LogP contribution in [0.2, 0.25) is 0 Å². The molecule has 3 rings (SSSR count).